The zero-order valence-corrected chi connectivity index (χ0v) is 13.2. The van der Waals surface area contributed by atoms with Gasteiger partial charge in [-0.25, -0.2) is 4.39 Å². The van der Waals surface area contributed by atoms with Crippen LogP contribution in [0.3, 0.4) is 0 Å². The standard InChI is InChI=1S/C16H15Cl2FN2O/c17-12-4-13(18)6-15(5-12)22-16(10-1-2-20-7-10)11-3-14(19)9-21-8-11/h3-6,8-10,16,20H,1-2,7H2/t10-,16?/m0/s1. The fourth-order valence-electron chi connectivity index (χ4n) is 2.70. The summed E-state index contributed by atoms with van der Waals surface area (Å²) < 4.78 is 19.6. The van der Waals surface area contributed by atoms with Crippen molar-refractivity contribution < 1.29 is 9.13 Å². The Kier molecular flexibility index (Phi) is 4.81. The van der Waals surface area contributed by atoms with Crippen molar-refractivity contribution in [2.24, 2.45) is 5.92 Å². The van der Waals surface area contributed by atoms with Crippen molar-refractivity contribution in [2.45, 2.75) is 12.5 Å². The van der Waals surface area contributed by atoms with Gasteiger partial charge >= 0.3 is 0 Å². The Labute approximate surface area is 138 Å². The van der Waals surface area contributed by atoms with Gasteiger partial charge in [-0.1, -0.05) is 23.2 Å². The molecular weight excluding hydrogens is 326 g/mol. The van der Waals surface area contributed by atoms with Crippen LogP contribution < -0.4 is 10.1 Å². The Bertz CT molecular complexity index is 642. The first-order chi connectivity index (χ1) is 10.6. The lowest BCUT2D eigenvalue weighted by Gasteiger charge is -2.25. The molecule has 3 rings (SSSR count). The van der Waals surface area contributed by atoms with Crippen LogP contribution in [0.5, 0.6) is 5.75 Å². The molecule has 1 N–H and O–H groups in total. The average molecular weight is 341 g/mol. The molecule has 116 valence electrons. The fourth-order valence-corrected chi connectivity index (χ4v) is 3.20. The van der Waals surface area contributed by atoms with Crippen LogP contribution in [0.25, 0.3) is 0 Å². The van der Waals surface area contributed by atoms with E-state index in [1.807, 2.05) is 0 Å². The number of halogens is 3. The highest BCUT2D eigenvalue weighted by atomic mass is 35.5. The summed E-state index contributed by atoms with van der Waals surface area (Å²) in [7, 11) is 0. The van der Waals surface area contributed by atoms with Gasteiger partial charge in [0, 0.05) is 34.3 Å². The van der Waals surface area contributed by atoms with Crippen LogP contribution in [-0.4, -0.2) is 18.1 Å². The maximum atomic E-state index is 13.5. The second-order valence-electron chi connectivity index (χ2n) is 5.33. The minimum Gasteiger partial charge on any atom is -0.485 e. The lowest BCUT2D eigenvalue weighted by Crippen LogP contribution is -2.21. The molecule has 1 fully saturated rings. The van der Waals surface area contributed by atoms with Gasteiger partial charge in [-0.15, -0.1) is 0 Å². The molecule has 1 aliphatic heterocycles. The molecule has 1 unspecified atom stereocenters. The van der Waals surface area contributed by atoms with Crippen LogP contribution in [0.4, 0.5) is 4.39 Å². The van der Waals surface area contributed by atoms with E-state index < -0.39 is 0 Å². The summed E-state index contributed by atoms with van der Waals surface area (Å²) in [6.07, 6.45) is 3.48. The van der Waals surface area contributed by atoms with Crippen molar-refractivity contribution >= 4 is 23.2 Å². The third kappa shape index (κ3) is 3.69. The van der Waals surface area contributed by atoms with Crippen LogP contribution >= 0.6 is 23.2 Å². The maximum Gasteiger partial charge on any atom is 0.141 e. The zero-order chi connectivity index (χ0) is 15.5. The van der Waals surface area contributed by atoms with E-state index in [4.69, 9.17) is 27.9 Å². The highest BCUT2D eigenvalue weighted by Crippen LogP contribution is 2.34. The average Bonchev–Trinajstić information content (AvgIpc) is 2.97. The number of hydrogen-bond acceptors (Lipinski definition) is 3. The summed E-state index contributed by atoms with van der Waals surface area (Å²) in [5.41, 5.74) is 0.713. The number of hydrogen-bond donors (Lipinski definition) is 1. The number of aromatic nitrogens is 1. The van der Waals surface area contributed by atoms with Crippen molar-refractivity contribution in [1.29, 1.82) is 0 Å². The Balaban J connectivity index is 1.91. The molecule has 22 heavy (non-hydrogen) atoms. The van der Waals surface area contributed by atoms with Crippen LogP contribution in [0.1, 0.15) is 18.1 Å². The van der Waals surface area contributed by atoms with Crippen LogP contribution in [0, 0.1) is 11.7 Å². The number of nitrogens with zero attached hydrogens (tertiary/aromatic N) is 1. The summed E-state index contributed by atoms with van der Waals surface area (Å²) in [5.74, 6) is 0.432. The lowest BCUT2D eigenvalue weighted by molar-refractivity contribution is 0.143. The first-order valence-electron chi connectivity index (χ1n) is 7.06. The van der Waals surface area contributed by atoms with Crippen molar-refractivity contribution in [2.75, 3.05) is 13.1 Å². The molecule has 1 aliphatic rings. The Morgan fingerprint density at radius 3 is 2.59 bits per heavy atom. The largest absolute Gasteiger partial charge is 0.485 e. The molecular formula is C16H15Cl2FN2O. The van der Waals surface area contributed by atoms with Crippen molar-refractivity contribution in [1.82, 2.24) is 10.3 Å². The van der Waals surface area contributed by atoms with E-state index in [9.17, 15) is 4.39 Å². The Morgan fingerprint density at radius 2 is 1.95 bits per heavy atom. The highest BCUT2D eigenvalue weighted by molar-refractivity contribution is 6.34. The molecule has 0 saturated carbocycles. The molecule has 3 nitrogen and oxygen atoms in total. The van der Waals surface area contributed by atoms with Gasteiger partial charge in [-0.3, -0.25) is 4.98 Å². The minimum absolute atomic E-state index is 0.237. The number of rotatable bonds is 4. The number of benzene rings is 1. The van der Waals surface area contributed by atoms with Crippen LogP contribution in [-0.2, 0) is 0 Å². The van der Waals surface area contributed by atoms with Crippen molar-refractivity contribution in [3.63, 3.8) is 0 Å². The van der Waals surface area contributed by atoms with Crippen molar-refractivity contribution in [3.8, 4) is 5.75 Å². The lowest BCUT2D eigenvalue weighted by atomic mass is 9.96. The van der Waals surface area contributed by atoms with E-state index >= 15 is 0 Å². The normalized spacial score (nSPS) is 19.1. The molecule has 0 bridgehead atoms. The summed E-state index contributed by atoms with van der Waals surface area (Å²) in [4.78, 5) is 3.93. The topological polar surface area (TPSA) is 34.1 Å². The second kappa shape index (κ2) is 6.82. The van der Waals surface area contributed by atoms with E-state index in [1.165, 1.54) is 12.3 Å². The molecule has 1 aromatic heterocycles. The van der Waals surface area contributed by atoms with Gasteiger partial charge in [0.15, 0.2) is 0 Å². The van der Waals surface area contributed by atoms with E-state index in [0.29, 0.717) is 21.4 Å². The zero-order valence-electron chi connectivity index (χ0n) is 11.7. The van der Waals surface area contributed by atoms with Gasteiger partial charge < -0.3 is 10.1 Å². The molecule has 0 radical (unpaired) electrons. The maximum absolute atomic E-state index is 13.5. The third-order valence-electron chi connectivity index (χ3n) is 3.68. The van der Waals surface area contributed by atoms with Gasteiger partial charge in [0.2, 0.25) is 0 Å². The molecule has 0 amide bonds. The molecule has 1 aromatic carbocycles. The van der Waals surface area contributed by atoms with Crippen molar-refractivity contribution in [3.05, 3.63) is 58.1 Å². The Hall–Kier alpha value is -1.36. The summed E-state index contributed by atoms with van der Waals surface area (Å²) in [6, 6.07) is 6.51. The number of nitrogens with one attached hydrogen (secondary N) is 1. The number of pyridine rings is 1. The quantitative estimate of drug-likeness (QED) is 0.902. The molecule has 1 saturated heterocycles. The van der Waals surface area contributed by atoms with E-state index in [1.54, 1.807) is 24.4 Å². The van der Waals surface area contributed by atoms with Crippen LogP contribution in [0.2, 0.25) is 10.0 Å². The van der Waals surface area contributed by atoms with Crippen LogP contribution in [0.15, 0.2) is 36.7 Å². The second-order valence-corrected chi connectivity index (χ2v) is 6.21. The molecule has 2 aromatic rings. The Morgan fingerprint density at radius 1 is 1.18 bits per heavy atom. The molecule has 0 spiro atoms. The minimum atomic E-state index is -0.374. The van der Waals surface area contributed by atoms with Gasteiger partial charge in [0.05, 0.1) is 6.20 Å². The van der Waals surface area contributed by atoms with Gasteiger partial charge in [0.1, 0.15) is 17.7 Å². The monoisotopic (exact) mass is 340 g/mol. The van der Waals surface area contributed by atoms with Gasteiger partial charge in [-0.2, -0.15) is 0 Å². The number of ether oxygens (including phenoxy) is 1. The predicted octanol–water partition coefficient (Wildman–Crippen LogP) is 4.26. The van der Waals surface area contributed by atoms with E-state index in [-0.39, 0.29) is 17.8 Å². The van der Waals surface area contributed by atoms with Gasteiger partial charge in [-0.05, 0) is 37.2 Å². The molecule has 2 heterocycles. The molecule has 6 heteroatoms. The molecule has 0 aliphatic carbocycles. The summed E-state index contributed by atoms with van der Waals surface area (Å²) in [6.45, 7) is 1.74. The SMILES string of the molecule is Fc1cncc(C(Oc2cc(Cl)cc(Cl)c2)[C@H]2CCNC2)c1. The van der Waals surface area contributed by atoms with Gasteiger partial charge in [0.25, 0.3) is 0 Å². The third-order valence-corrected chi connectivity index (χ3v) is 4.12. The predicted molar refractivity (Wildman–Crippen MR) is 85.0 cm³/mol. The highest BCUT2D eigenvalue weighted by Gasteiger charge is 2.28. The first kappa shape index (κ1) is 15.5. The molecule has 2 atom stereocenters. The smallest absolute Gasteiger partial charge is 0.141 e. The van der Waals surface area contributed by atoms with E-state index in [0.717, 1.165) is 19.5 Å². The summed E-state index contributed by atoms with van der Waals surface area (Å²) >= 11 is 12.0. The summed E-state index contributed by atoms with van der Waals surface area (Å²) in [5, 5.41) is 4.31. The first-order valence-corrected chi connectivity index (χ1v) is 7.81. The van der Waals surface area contributed by atoms with E-state index in [2.05, 4.69) is 10.3 Å². The fraction of sp³-hybridized carbons (Fsp3) is 0.312.